The van der Waals surface area contributed by atoms with Gasteiger partial charge < -0.3 is 9.47 Å². The van der Waals surface area contributed by atoms with Crippen molar-refractivity contribution in [2.75, 3.05) is 0 Å². The summed E-state index contributed by atoms with van der Waals surface area (Å²) in [6.45, 7) is 1.93. The average Bonchev–Trinajstić information content (AvgIpc) is 2.34. The molecular formula is C14H10ClF3O2. The molecule has 0 radical (unpaired) electrons. The van der Waals surface area contributed by atoms with E-state index in [1.807, 2.05) is 19.1 Å². The van der Waals surface area contributed by atoms with Crippen molar-refractivity contribution < 1.29 is 22.6 Å². The highest BCUT2D eigenvalue weighted by Crippen LogP contribution is 2.34. The molecule has 0 saturated carbocycles. The van der Waals surface area contributed by atoms with Gasteiger partial charge in [-0.05, 0) is 31.2 Å². The van der Waals surface area contributed by atoms with Crippen LogP contribution in [-0.2, 0) is 0 Å². The minimum atomic E-state index is -4.77. The molecule has 0 spiro atoms. The monoisotopic (exact) mass is 302 g/mol. The third-order valence-electron chi connectivity index (χ3n) is 2.39. The lowest BCUT2D eigenvalue weighted by Crippen LogP contribution is -2.17. The normalized spacial score (nSPS) is 11.2. The van der Waals surface area contributed by atoms with Crippen LogP contribution < -0.4 is 9.47 Å². The fourth-order valence-corrected chi connectivity index (χ4v) is 1.70. The molecule has 0 aromatic heterocycles. The summed E-state index contributed by atoms with van der Waals surface area (Å²) in [7, 11) is 0. The number of halogens is 4. The van der Waals surface area contributed by atoms with E-state index >= 15 is 0 Å². The molecule has 106 valence electrons. The van der Waals surface area contributed by atoms with Crippen molar-refractivity contribution in [3.63, 3.8) is 0 Å². The predicted octanol–water partition coefficient (Wildman–Crippen LogP) is 5.34. The zero-order chi connectivity index (χ0) is 14.8. The summed E-state index contributed by atoms with van der Waals surface area (Å²) in [6, 6.07) is 11.0. The fourth-order valence-electron chi connectivity index (χ4n) is 1.49. The molecule has 6 heteroatoms. The van der Waals surface area contributed by atoms with E-state index in [4.69, 9.17) is 16.3 Å². The van der Waals surface area contributed by atoms with Crippen molar-refractivity contribution in [3.05, 3.63) is 53.1 Å². The largest absolute Gasteiger partial charge is 0.573 e. The molecule has 0 saturated heterocycles. The Balaban J connectivity index is 2.14. The van der Waals surface area contributed by atoms with Gasteiger partial charge in [0.05, 0.1) is 5.02 Å². The van der Waals surface area contributed by atoms with Crippen LogP contribution in [0, 0.1) is 6.92 Å². The Hall–Kier alpha value is -1.88. The molecule has 2 aromatic carbocycles. The van der Waals surface area contributed by atoms with Gasteiger partial charge in [-0.15, -0.1) is 13.2 Å². The minimum absolute atomic E-state index is 0.174. The number of benzene rings is 2. The van der Waals surface area contributed by atoms with E-state index in [2.05, 4.69) is 4.74 Å². The van der Waals surface area contributed by atoms with Crippen LogP contribution in [0.3, 0.4) is 0 Å². The number of ether oxygens (including phenoxy) is 2. The van der Waals surface area contributed by atoms with Gasteiger partial charge in [-0.25, -0.2) is 0 Å². The van der Waals surface area contributed by atoms with Crippen LogP contribution in [0.15, 0.2) is 42.5 Å². The number of aryl methyl sites for hydroxylation is 1. The Labute approximate surface area is 118 Å². The maximum atomic E-state index is 12.1. The molecule has 0 aliphatic carbocycles. The number of hydrogen-bond acceptors (Lipinski definition) is 2. The number of rotatable bonds is 3. The van der Waals surface area contributed by atoms with Gasteiger partial charge >= 0.3 is 6.36 Å². The molecular weight excluding hydrogens is 293 g/mol. The highest BCUT2D eigenvalue weighted by atomic mass is 35.5. The van der Waals surface area contributed by atoms with Gasteiger partial charge in [0.15, 0.2) is 0 Å². The second-order valence-electron chi connectivity index (χ2n) is 4.06. The summed E-state index contributed by atoms with van der Waals surface area (Å²) in [5, 5.41) is -0.174. The molecule has 0 aliphatic heterocycles. The van der Waals surface area contributed by atoms with E-state index in [1.54, 1.807) is 12.1 Å². The molecule has 0 heterocycles. The van der Waals surface area contributed by atoms with Crippen LogP contribution in [0.25, 0.3) is 0 Å². The van der Waals surface area contributed by atoms with Crippen molar-refractivity contribution in [2.45, 2.75) is 13.3 Å². The van der Waals surface area contributed by atoms with Gasteiger partial charge in [0.2, 0.25) is 0 Å². The smallest absolute Gasteiger partial charge is 0.457 e. The van der Waals surface area contributed by atoms with Gasteiger partial charge in [-0.1, -0.05) is 29.3 Å². The molecule has 0 amide bonds. The topological polar surface area (TPSA) is 18.5 Å². The van der Waals surface area contributed by atoms with Crippen molar-refractivity contribution in [1.29, 1.82) is 0 Å². The lowest BCUT2D eigenvalue weighted by atomic mass is 10.2. The molecule has 0 aliphatic rings. The first-order valence-electron chi connectivity index (χ1n) is 5.63. The average molecular weight is 303 g/mol. The van der Waals surface area contributed by atoms with E-state index < -0.39 is 12.1 Å². The Bertz CT molecular complexity index is 594. The van der Waals surface area contributed by atoms with E-state index in [1.165, 1.54) is 12.1 Å². The maximum absolute atomic E-state index is 12.1. The summed E-state index contributed by atoms with van der Waals surface area (Å²) >= 11 is 5.72. The Morgan fingerprint density at radius 3 is 2.10 bits per heavy atom. The molecule has 0 fully saturated rings. The van der Waals surface area contributed by atoms with Crippen LogP contribution in [-0.4, -0.2) is 6.36 Å². The summed E-state index contributed by atoms with van der Waals surface area (Å²) in [6.07, 6.45) is -4.77. The quantitative estimate of drug-likeness (QED) is 0.762. The Morgan fingerprint density at radius 2 is 1.55 bits per heavy atom. The van der Waals surface area contributed by atoms with Crippen molar-refractivity contribution >= 4 is 11.6 Å². The first kappa shape index (κ1) is 14.5. The van der Waals surface area contributed by atoms with Crippen LogP contribution in [0.4, 0.5) is 13.2 Å². The summed E-state index contributed by atoms with van der Waals surface area (Å²) in [4.78, 5) is 0. The van der Waals surface area contributed by atoms with Crippen molar-refractivity contribution in [1.82, 2.24) is 0 Å². The number of hydrogen-bond donors (Lipinski definition) is 0. The molecule has 2 nitrogen and oxygen atoms in total. The Morgan fingerprint density at radius 1 is 0.950 bits per heavy atom. The first-order chi connectivity index (χ1) is 9.33. The van der Waals surface area contributed by atoms with E-state index in [9.17, 15) is 13.2 Å². The van der Waals surface area contributed by atoms with Gasteiger partial charge in [0, 0.05) is 6.07 Å². The van der Waals surface area contributed by atoms with Crippen LogP contribution >= 0.6 is 11.6 Å². The van der Waals surface area contributed by atoms with Crippen LogP contribution in [0.1, 0.15) is 5.56 Å². The summed E-state index contributed by atoms with van der Waals surface area (Å²) in [5.41, 5.74) is 1.07. The molecule has 2 aromatic rings. The van der Waals surface area contributed by atoms with E-state index in [0.717, 1.165) is 11.6 Å². The highest BCUT2D eigenvalue weighted by Gasteiger charge is 2.32. The van der Waals surface area contributed by atoms with Gasteiger partial charge in [0.25, 0.3) is 0 Å². The zero-order valence-electron chi connectivity index (χ0n) is 10.4. The minimum Gasteiger partial charge on any atom is -0.457 e. The van der Waals surface area contributed by atoms with Crippen LogP contribution in [0.5, 0.6) is 17.2 Å². The lowest BCUT2D eigenvalue weighted by Gasteiger charge is -2.12. The lowest BCUT2D eigenvalue weighted by molar-refractivity contribution is -0.274. The third-order valence-corrected chi connectivity index (χ3v) is 2.68. The van der Waals surface area contributed by atoms with Crippen LogP contribution in [0.2, 0.25) is 5.02 Å². The highest BCUT2D eigenvalue weighted by molar-refractivity contribution is 6.32. The van der Waals surface area contributed by atoms with E-state index in [-0.39, 0.29) is 5.02 Å². The summed E-state index contributed by atoms with van der Waals surface area (Å²) in [5.74, 6) is 0.431. The SMILES string of the molecule is Cc1ccc(Oc2ccc(OC(F)(F)F)c(Cl)c2)cc1. The molecule has 0 N–H and O–H groups in total. The van der Waals surface area contributed by atoms with Gasteiger partial charge in [-0.3, -0.25) is 0 Å². The maximum Gasteiger partial charge on any atom is 0.573 e. The molecule has 0 atom stereocenters. The van der Waals surface area contributed by atoms with Crippen molar-refractivity contribution in [3.8, 4) is 17.2 Å². The second-order valence-corrected chi connectivity index (χ2v) is 4.46. The molecule has 2 rings (SSSR count). The fraction of sp³-hybridized carbons (Fsp3) is 0.143. The summed E-state index contributed by atoms with van der Waals surface area (Å²) < 4.78 is 45.5. The van der Waals surface area contributed by atoms with Crippen molar-refractivity contribution in [2.24, 2.45) is 0 Å². The molecule has 0 unspecified atom stereocenters. The molecule has 0 bridgehead atoms. The van der Waals surface area contributed by atoms with Gasteiger partial charge in [-0.2, -0.15) is 0 Å². The Kier molecular flexibility index (Phi) is 4.09. The second kappa shape index (κ2) is 5.63. The molecule has 20 heavy (non-hydrogen) atoms. The zero-order valence-corrected chi connectivity index (χ0v) is 11.1. The predicted molar refractivity (Wildman–Crippen MR) is 69.4 cm³/mol. The standard InChI is InChI=1S/C14H10ClF3O2/c1-9-2-4-10(5-3-9)19-11-6-7-13(12(15)8-11)20-14(16,17)18/h2-8H,1H3. The number of alkyl halides is 3. The van der Waals surface area contributed by atoms with Gasteiger partial charge in [0.1, 0.15) is 17.2 Å². The van der Waals surface area contributed by atoms with E-state index in [0.29, 0.717) is 11.5 Å². The first-order valence-corrected chi connectivity index (χ1v) is 6.01. The third kappa shape index (κ3) is 4.06.